The maximum atomic E-state index is 13.5. The van der Waals surface area contributed by atoms with Gasteiger partial charge in [-0.3, -0.25) is 4.99 Å². The molecular weight excluding hydrogens is 402 g/mol. The van der Waals surface area contributed by atoms with Crippen LogP contribution in [0.1, 0.15) is 31.3 Å². The number of anilines is 1. The van der Waals surface area contributed by atoms with E-state index in [2.05, 4.69) is 56.5 Å². The van der Waals surface area contributed by atoms with E-state index >= 15 is 0 Å². The number of amides is 2. The third-order valence-corrected chi connectivity index (χ3v) is 6.09. The first kappa shape index (κ1) is 22.0. The fraction of sp³-hybridized carbons (Fsp3) is 0.417. The Morgan fingerprint density at radius 1 is 1.22 bits per heavy atom. The van der Waals surface area contributed by atoms with Gasteiger partial charge in [-0.05, 0) is 52.1 Å². The van der Waals surface area contributed by atoms with Crippen LogP contribution >= 0.6 is 0 Å². The van der Waals surface area contributed by atoms with Gasteiger partial charge in [0.1, 0.15) is 17.5 Å². The molecule has 1 aromatic heterocycles. The van der Waals surface area contributed by atoms with Crippen molar-refractivity contribution in [1.29, 1.82) is 0 Å². The van der Waals surface area contributed by atoms with E-state index in [9.17, 15) is 4.79 Å². The van der Waals surface area contributed by atoms with E-state index < -0.39 is 5.54 Å². The molecule has 2 aliphatic rings. The number of amidine groups is 1. The molecule has 0 fully saturated rings. The fourth-order valence-corrected chi connectivity index (χ4v) is 4.34. The summed E-state index contributed by atoms with van der Waals surface area (Å²) in [6.45, 7) is 7.84. The van der Waals surface area contributed by atoms with E-state index in [1.54, 1.807) is 6.20 Å². The number of benzene rings is 1. The Hall–Kier alpha value is -3.26. The SMILES string of the molecule is Cc1nccc(NC2=NCC3=C2CN(C(=O)N[C@H](CN(C)C)c2ccccc2)C3(C)C)n1. The topological polar surface area (TPSA) is 85.8 Å². The van der Waals surface area contributed by atoms with Crippen molar-refractivity contribution in [3.63, 3.8) is 0 Å². The lowest BCUT2D eigenvalue weighted by Crippen LogP contribution is -2.52. The maximum Gasteiger partial charge on any atom is 0.318 e. The number of hydrogen-bond donors (Lipinski definition) is 2. The van der Waals surface area contributed by atoms with Crippen LogP contribution < -0.4 is 10.6 Å². The smallest absolute Gasteiger partial charge is 0.318 e. The second-order valence-corrected chi connectivity index (χ2v) is 9.06. The van der Waals surface area contributed by atoms with Crippen LogP contribution in [-0.2, 0) is 0 Å². The standard InChI is InChI=1S/C24H31N7O/c1-16-25-12-11-21(27-16)29-22-18-14-31(24(2,3)19(18)13-26-22)23(32)28-20(15-30(4)5)17-9-7-6-8-10-17/h6-12,20H,13-15H2,1-5H3,(H,28,32)(H,25,26,27,29)/t20-/m1/s1. The summed E-state index contributed by atoms with van der Waals surface area (Å²) in [6.07, 6.45) is 1.72. The molecule has 168 valence electrons. The molecule has 0 aliphatic carbocycles. The van der Waals surface area contributed by atoms with E-state index in [4.69, 9.17) is 0 Å². The summed E-state index contributed by atoms with van der Waals surface area (Å²) in [5.74, 6) is 2.19. The van der Waals surface area contributed by atoms with Gasteiger partial charge in [0.15, 0.2) is 0 Å². The predicted molar refractivity (Wildman–Crippen MR) is 127 cm³/mol. The van der Waals surface area contributed by atoms with E-state index in [1.165, 1.54) is 5.57 Å². The third-order valence-electron chi connectivity index (χ3n) is 6.09. The van der Waals surface area contributed by atoms with Crippen LogP contribution in [-0.4, -0.2) is 70.9 Å². The molecule has 2 aromatic rings. The molecule has 4 rings (SSSR count). The summed E-state index contributed by atoms with van der Waals surface area (Å²) in [6, 6.07) is 11.8. The first-order valence-electron chi connectivity index (χ1n) is 10.9. The van der Waals surface area contributed by atoms with E-state index in [0.29, 0.717) is 24.7 Å². The minimum Gasteiger partial charge on any atom is -0.330 e. The van der Waals surface area contributed by atoms with Gasteiger partial charge in [-0.1, -0.05) is 30.3 Å². The summed E-state index contributed by atoms with van der Waals surface area (Å²) in [5.41, 5.74) is 2.91. The van der Waals surface area contributed by atoms with Gasteiger partial charge in [0.2, 0.25) is 0 Å². The second kappa shape index (κ2) is 8.70. The van der Waals surface area contributed by atoms with Crippen molar-refractivity contribution in [1.82, 2.24) is 25.1 Å². The molecule has 8 nitrogen and oxygen atoms in total. The summed E-state index contributed by atoms with van der Waals surface area (Å²) >= 11 is 0. The number of hydrogen-bond acceptors (Lipinski definition) is 6. The Balaban J connectivity index is 1.50. The Bertz CT molecular complexity index is 1060. The van der Waals surface area contributed by atoms with Crippen molar-refractivity contribution in [2.75, 3.05) is 39.0 Å². The van der Waals surface area contributed by atoms with Crippen LogP contribution in [0.5, 0.6) is 0 Å². The van der Waals surface area contributed by atoms with Crippen LogP contribution in [0.2, 0.25) is 0 Å². The van der Waals surface area contributed by atoms with Crippen LogP contribution in [0.3, 0.4) is 0 Å². The monoisotopic (exact) mass is 433 g/mol. The van der Waals surface area contributed by atoms with Crippen molar-refractivity contribution in [2.45, 2.75) is 32.4 Å². The molecule has 0 unspecified atom stereocenters. The highest BCUT2D eigenvalue weighted by molar-refractivity contribution is 6.11. The van der Waals surface area contributed by atoms with Crippen LogP contribution in [0, 0.1) is 6.92 Å². The van der Waals surface area contributed by atoms with Crippen molar-refractivity contribution in [3.05, 3.63) is 65.1 Å². The quantitative estimate of drug-likeness (QED) is 0.757. The molecule has 0 saturated carbocycles. The number of nitrogens with zero attached hydrogens (tertiary/aromatic N) is 5. The third kappa shape index (κ3) is 4.36. The molecule has 2 N–H and O–H groups in total. The summed E-state index contributed by atoms with van der Waals surface area (Å²) in [4.78, 5) is 30.7. The highest BCUT2D eigenvalue weighted by Gasteiger charge is 2.45. The number of carbonyl (C=O) groups is 1. The Morgan fingerprint density at radius 2 is 1.97 bits per heavy atom. The first-order chi connectivity index (χ1) is 15.3. The van der Waals surface area contributed by atoms with Gasteiger partial charge in [-0.25, -0.2) is 14.8 Å². The largest absolute Gasteiger partial charge is 0.330 e. The minimum absolute atomic E-state index is 0.0719. The normalized spacial score (nSPS) is 17.9. The molecular formula is C24H31N7O. The zero-order valence-corrected chi connectivity index (χ0v) is 19.4. The Labute approximate surface area is 189 Å². The highest BCUT2D eigenvalue weighted by atomic mass is 16.2. The molecule has 3 heterocycles. The zero-order chi connectivity index (χ0) is 22.9. The van der Waals surface area contributed by atoms with Gasteiger partial charge >= 0.3 is 6.03 Å². The summed E-state index contributed by atoms with van der Waals surface area (Å²) in [5, 5.41) is 6.58. The van der Waals surface area contributed by atoms with Crippen LogP contribution in [0.15, 0.2) is 58.7 Å². The maximum absolute atomic E-state index is 13.5. The van der Waals surface area contributed by atoms with Gasteiger partial charge in [0.25, 0.3) is 0 Å². The van der Waals surface area contributed by atoms with Crippen molar-refractivity contribution >= 4 is 17.7 Å². The molecule has 2 amide bonds. The summed E-state index contributed by atoms with van der Waals surface area (Å²) in [7, 11) is 4.03. The Kier molecular flexibility index (Phi) is 5.97. The minimum atomic E-state index is -0.423. The molecule has 0 spiro atoms. The van der Waals surface area contributed by atoms with Gasteiger partial charge < -0.3 is 20.4 Å². The lowest BCUT2D eigenvalue weighted by molar-refractivity contribution is 0.165. The number of aromatic nitrogens is 2. The Morgan fingerprint density at radius 3 is 2.66 bits per heavy atom. The lowest BCUT2D eigenvalue weighted by atomic mass is 9.94. The lowest BCUT2D eigenvalue weighted by Gasteiger charge is -2.36. The molecule has 1 atom stereocenters. The van der Waals surface area contributed by atoms with Gasteiger partial charge in [0, 0.05) is 18.3 Å². The number of carbonyl (C=O) groups excluding carboxylic acids is 1. The number of rotatable bonds is 5. The molecule has 0 saturated heterocycles. The van der Waals surface area contributed by atoms with Crippen molar-refractivity contribution in [2.24, 2.45) is 4.99 Å². The van der Waals surface area contributed by atoms with Gasteiger partial charge in [-0.15, -0.1) is 0 Å². The molecule has 0 radical (unpaired) electrons. The number of nitrogens with one attached hydrogen (secondary N) is 2. The van der Waals surface area contributed by atoms with E-state index in [0.717, 1.165) is 23.5 Å². The first-order valence-corrected chi connectivity index (χ1v) is 10.9. The zero-order valence-electron chi connectivity index (χ0n) is 19.4. The van der Waals surface area contributed by atoms with Crippen LogP contribution in [0.25, 0.3) is 0 Å². The molecule has 0 bridgehead atoms. The van der Waals surface area contributed by atoms with E-state index in [-0.39, 0.29) is 12.1 Å². The second-order valence-electron chi connectivity index (χ2n) is 9.06. The molecule has 32 heavy (non-hydrogen) atoms. The molecule has 8 heteroatoms. The fourth-order valence-electron chi connectivity index (χ4n) is 4.34. The van der Waals surface area contributed by atoms with Crippen molar-refractivity contribution in [3.8, 4) is 0 Å². The molecule has 1 aromatic carbocycles. The number of urea groups is 1. The predicted octanol–water partition coefficient (Wildman–Crippen LogP) is 3.01. The molecule has 2 aliphatic heterocycles. The average molecular weight is 434 g/mol. The van der Waals surface area contributed by atoms with Crippen molar-refractivity contribution < 1.29 is 4.79 Å². The van der Waals surface area contributed by atoms with Gasteiger partial charge in [0.05, 0.1) is 24.7 Å². The number of aryl methyl sites for hydroxylation is 1. The van der Waals surface area contributed by atoms with Gasteiger partial charge in [-0.2, -0.15) is 0 Å². The highest BCUT2D eigenvalue weighted by Crippen LogP contribution is 2.38. The number of likely N-dealkylation sites (N-methyl/N-ethyl adjacent to an activating group) is 1. The van der Waals surface area contributed by atoms with Crippen LogP contribution in [0.4, 0.5) is 10.6 Å². The summed E-state index contributed by atoms with van der Waals surface area (Å²) < 4.78 is 0. The van der Waals surface area contributed by atoms with E-state index in [1.807, 2.05) is 50.2 Å². The average Bonchev–Trinajstić information content (AvgIpc) is 3.26. The number of aliphatic imine (C=N–C) groups is 1.